The molecule has 2 aliphatic heterocycles. The maximum atomic E-state index is 13.9. The summed E-state index contributed by atoms with van der Waals surface area (Å²) in [6.45, 7) is 9.49. The minimum atomic E-state index is -3.35. The number of benzene rings is 1. The monoisotopic (exact) mass is 643 g/mol. The molecule has 12 heteroatoms. The third-order valence-corrected chi connectivity index (χ3v) is 9.20. The molecule has 2 amide bonds. The number of hydrogen-bond donors (Lipinski definition) is 4. The van der Waals surface area contributed by atoms with Gasteiger partial charge in [0.2, 0.25) is 0 Å². The first kappa shape index (κ1) is 34.5. The van der Waals surface area contributed by atoms with E-state index in [4.69, 9.17) is 4.74 Å². The quantitative estimate of drug-likeness (QED) is 0.261. The number of rotatable bonds is 12. The van der Waals surface area contributed by atoms with Crippen molar-refractivity contribution in [3.8, 4) is 0 Å². The van der Waals surface area contributed by atoms with E-state index >= 15 is 0 Å². The third kappa shape index (κ3) is 9.56. The van der Waals surface area contributed by atoms with Crippen LogP contribution in [0.1, 0.15) is 82.6 Å². The van der Waals surface area contributed by atoms with E-state index in [2.05, 4.69) is 20.9 Å². The molecule has 5 rings (SSSR count). The number of carbonyl (C=O) groups is 2. The van der Waals surface area contributed by atoms with Crippen molar-refractivity contribution in [1.82, 2.24) is 15.2 Å². The van der Waals surface area contributed by atoms with Crippen molar-refractivity contribution in [3.05, 3.63) is 53.6 Å². The molecule has 4 N–H and O–H groups in total. The molecule has 3 heterocycles. The lowest BCUT2D eigenvalue weighted by atomic mass is 9.71. The van der Waals surface area contributed by atoms with Crippen molar-refractivity contribution in [2.24, 2.45) is 5.92 Å². The van der Waals surface area contributed by atoms with Crippen molar-refractivity contribution in [2.45, 2.75) is 109 Å². The third-order valence-electron chi connectivity index (χ3n) is 8.53. The number of carbonyl (C=O) groups excluding carboxylic acids is 2. The van der Waals surface area contributed by atoms with Gasteiger partial charge in [0, 0.05) is 23.9 Å². The number of amides is 2. The van der Waals surface area contributed by atoms with Crippen LogP contribution in [0, 0.1) is 5.92 Å². The molecule has 2 bridgehead atoms. The number of hydrogen-bond acceptors (Lipinski definition) is 9. The number of ether oxygens (including phenoxy) is 1. The molecule has 11 nitrogen and oxygen atoms in total. The summed E-state index contributed by atoms with van der Waals surface area (Å²) in [5.41, 5.74) is 0.494. The van der Waals surface area contributed by atoms with Gasteiger partial charge in [-0.05, 0) is 89.8 Å². The van der Waals surface area contributed by atoms with Crippen molar-refractivity contribution in [2.75, 3.05) is 22.8 Å². The molecule has 1 aromatic carbocycles. The van der Waals surface area contributed by atoms with Crippen LogP contribution in [0.15, 0.2) is 42.5 Å². The van der Waals surface area contributed by atoms with Crippen molar-refractivity contribution in [1.29, 1.82) is 0 Å². The molecule has 2 saturated heterocycles. The standard InChI is InChI=1S/C33H49N5O6S/c1-7-21(2)35-28-19-24(18-27(37-28)34-20-45(6,42)43)31(40)36-26(17-22-11-9-8-10-12-22)30(39)29-23-13-15-25(16-14-23)38(29)32(41)44-33(3,4)5/h8-12,18-19,21,23,25-26,29-30,39H,7,13-17,20H2,1-6H3,(H,36,40)(H2,34,35,37)/t21?,23-,25-,26-,29+,30?/m0/s1. The van der Waals surface area contributed by atoms with Crippen LogP contribution in [0.3, 0.4) is 0 Å². The Hall–Kier alpha value is -3.38. The predicted molar refractivity (Wildman–Crippen MR) is 176 cm³/mol. The van der Waals surface area contributed by atoms with Gasteiger partial charge in [0.15, 0.2) is 9.84 Å². The normalized spacial score (nSPS) is 21.8. The first-order valence-corrected chi connectivity index (χ1v) is 17.9. The highest BCUT2D eigenvalue weighted by atomic mass is 32.2. The fourth-order valence-electron chi connectivity index (χ4n) is 6.22. The van der Waals surface area contributed by atoms with E-state index in [1.807, 2.05) is 65.0 Å². The van der Waals surface area contributed by atoms with Crippen LogP contribution in [0.4, 0.5) is 16.4 Å². The van der Waals surface area contributed by atoms with Crippen LogP contribution in [0.2, 0.25) is 0 Å². The number of pyridine rings is 1. The van der Waals surface area contributed by atoms with E-state index in [0.29, 0.717) is 12.2 Å². The maximum absolute atomic E-state index is 13.9. The first-order valence-electron chi connectivity index (χ1n) is 15.9. The molecule has 0 radical (unpaired) electrons. The summed E-state index contributed by atoms with van der Waals surface area (Å²) in [5.74, 6) is -0.0504. The van der Waals surface area contributed by atoms with E-state index in [9.17, 15) is 23.1 Å². The van der Waals surface area contributed by atoms with Gasteiger partial charge >= 0.3 is 6.09 Å². The number of piperidine rings is 2. The Morgan fingerprint density at radius 1 is 1.09 bits per heavy atom. The highest BCUT2D eigenvalue weighted by Gasteiger charge is 2.50. The van der Waals surface area contributed by atoms with E-state index in [1.165, 1.54) is 6.07 Å². The molecule has 1 aliphatic carbocycles. The molecule has 2 aromatic rings. The molecule has 0 spiro atoms. The van der Waals surface area contributed by atoms with Gasteiger partial charge in [-0.1, -0.05) is 37.3 Å². The summed E-state index contributed by atoms with van der Waals surface area (Å²) in [7, 11) is -3.35. The fraction of sp³-hybridized carbons (Fsp3) is 0.606. The Labute approximate surface area is 267 Å². The number of nitrogens with zero attached hydrogens (tertiary/aromatic N) is 2. The van der Waals surface area contributed by atoms with Gasteiger partial charge in [-0.15, -0.1) is 0 Å². The lowest BCUT2D eigenvalue weighted by Gasteiger charge is -2.53. The number of nitrogens with one attached hydrogen (secondary N) is 3. The highest BCUT2D eigenvalue weighted by Crippen LogP contribution is 2.42. The number of aliphatic hydroxyl groups is 1. The molecule has 1 aromatic heterocycles. The number of aromatic nitrogens is 1. The van der Waals surface area contributed by atoms with Crippen LogP contribution in [0.5, 0.6) is 0 Å². The van der Waals surface area contributed by atoms with E-state index in [0.717, 1.165) is 43.9 Å². The molecular weight excluding hydrogens is 594 g/mol. The number of sulfone groups is 1. The van der Waals surface area contributed by atoms with Gasteiger partial charge < -0.3 is 25.8 Å². The lowest BCUT2D eigenvalue weighted by Crippen LogP contribution is -2.66. The summed E-state index contributed by atoms with van der Waals surface area (Å²) >= 11 is 0. The predicted octanol–water partition coefficient (Wildman–Crippen LogP) is 4.59. The van der Waals surface area contributed by atoms with Gasteiger partial charge in [0.1, 0.15) is 23.1 Å². The maximum Gasteiger partial charge on any atom is 0.410 e. The highest BCUT2D eigenvalue weighted by molar-refractivity contribution is 7.90. The Balaban J connectivity index is 1.66. The fourth-order valence-corrected chi connectivity index (χ4v) is 6.63. The molecule has 45 heavy (non-hydrogen) atoms. The molecule has 1 saturated carbocycles. The van der Waals surface area contributed by atoms with E-state index < -0.39 is 45.6 Å². The molecule has 3 aliphatic rings. The Morgan fingerprint density at radius 2 is 1.73 bits per heavy atom. The summed E-state index contributed by atoms with van der Waals surface area (Å²) in [6.07, 6.45) is 4.25. The minimum Gasteiger partial charge on any atom is -0.444 e. The number of aliphatic hydroxyl groups excluding tert-OH is 1. The van der Waals surface area contributed by atoms with Gasteiger partial charge in [-0.3, -0.25) is 9.69 Å². The van der Waals surface area contributed by atoms with Gasteiger partial charge in [0.25, 0.3) is 5.91 Å². The molecular formula is C33H49N5O6S. The summed E-state index contributed by atoms with van der Waals surface area (Å²) in [5, 5.41) is 21.2. The van der Waals surface area contributed by atoms with Crippen molar-refractivity contribution >= 4 is 33.5 Å². The SMILES string of the molecule is CCC(C)Nc1cc(C(=O)N[C@@H](Cc2ccccc2)C(O)[C@H]2[C@H]3CC[C@@H](CC3)N2C(=O)OC(C)(C)C)cc(NCS(C)(=O)=O)n1. The summed E-state index contributed by atoms with van der Waals surface area (Å²) in [6, 6.07) is 11.5. The summed E-state index contributed by atoms with van der Waals surface area (Å²) in [4.78, 5) is 33.6. The van der Waals surface area contributed by atoms with Crippen LogP contribution >= 0.6 is 0 Å². The topological polar surface area (TPSA) is 150 Å². The Bertz CT molecular complexity index is 1420. The molecule has 2 unspecified atom stereocenters. The smallest absolute Gasteiger partial charge is 0.410 e. The van der Waals surface area contributed by atoms with Crippen LogP contribution < -0.4 is 16.0 Å². The van der Waals surface area contributed by atoms with E-state index in [1.54, 1.807) is 11.0 Å². The number of fused-ring (bicyclic) bond motifs is 3. The van der Waals surface area contributed by atoms with Gasteiger partial charge in [-0.25, -0.2) is 18.2 Å². The molecule has 3 fully saturated rings. The van der Waals surface area contributed by atoms with Crippen LogP contribution in [0.25, 0.3) is 0 Å². The minimum absolute atomic E-state index is 0.0320. The van der Waals surface area contributed by atoms with E-state index in [-0.39, 0.29) is 35.3 Å². The largest absolute Gasteiger partial charge is 0.444 e. The first-order chi connectivity index (χ1) is 21.1. The lowest BCUT2D eigenvalue weighted by molar-refractivity contribution is -0.0854. The second-order valence-corrected chi connectivity index (χ2v) is 15.7. The molecule has 248 valence electrons. The Kier molecular flexibility index (Phi) is 11.0. The van der Waals surface area contributed by atoms with Crippen LogP contribution in [-0.4, -0.2) is 83.4 Å². The summed E-state index contributed by atoms with van der Waals surface area (Å²) < 4.78 is 29.5. The van der Waals surface area contributed by atoms with Gasteiger partial charge in [0.05, 0.1) is 18.2 Å². The second kappa shape index (κ2) is 14.4. The van der Waals surface area contributed by atoms with Crippen molar-refractivity contribution < 1.29 is 27.9 Å². The Morgan fingerprint density at radius 3 is 2.33 bits per heavy atom. The zero-order valence-electron chi connectivity index (χ0n) is 27.2. The number of anilines is 2. The van der Waals surface area contributed by atoms with Crippen molar-refractivity contribution in [3.63, 3.8) is 0 Å². The average Bonchev–Trinajstić information content (AvgIpc) is 2.98. The second-order valence-electron chi connectivity index (χ2n) is 13.5. The zero-order valence-corrected chi connectivity index (χ0v) is 28.1. The van der Waals surface area contributed by atoms with Crippen LogP contribution in [-0.2, 0) is 21.0 Å². The molecule has 4 atom stereocenters. The van der Waals surface area contributed by atoms with Gasteiger partial charge in [-0.2, -0.15) is 0 Å². The zero-order chi connectivity index (χ0) is 32.9. The average molecular weight is 644 g/mol.